The number of rotatable bonds is 1. The maximum Gasteiger partial charge on any atom is 0.410 e. The van der Waals surface area contributed by atoms with E-state index in [1.165, 1.54) is 0 Å². The number of nitriles is 1. The van der Waals surface area contributed by atoms with Gasteiger partial charge in [-0.1, -0.05) is 0 Å². The molecule has 0 saturated heterocycles. The Morgan fingerprint density at radius 2 is 2.00 bits per heavy atom. The molecule has 0 saturated carbocycles. The maximum absolute atomic E-state index is 12.3. The average molecular weight is 219 g/mol. The number of hydrogen-bond donors (Lipinski definition) is 2. The van der Waals surface area contributed by atoms with Crippen LogP contribution in [0.15, 0.2) is 0 Å². The summed E-state index contributed by atoms with van der Waals surface area (Å²) in [5.74, 6) is -0.675. The zero-order chi connectivity index (χ0) is 11.8. The van der Waals surface area contributed by atoms with Gasteiger partial charge in [-0.05, 0) is 6.92 Å². The molecule has 0 spiro atoms. The largest absolute Gasteiger partial charge is 0.410 e. The van der Waals surface area contributed by atoms with Crippen molar-refractivity contribution in [2.75, 3.05) is 11.5 Å². The molecule has 1 rings (SSSR count). The highest BCUT2D eigenvalue weighted by molar-refractivity contribution is 5.61. The molecule has 1 heterocycles. The van der Waals surface area contributed by atoms with Crippen molar-refractivity contribution in [2.24, 2.45) is 0 Å². The van der Waals surface area contributed by atoms with Gasteiger partial charge in [0.25, 0.3) is 0 Å². The summed E-state index contributed by atoms with van der Waals surface area (Å²) >= 11 is 0. The molecule has 0 fully saturated rings. The molecular formula is C7H8F3N5. The number of alkyl halides is 3. The molecule has 0 aliphatic heterocycles. The van der Waals surface area contributed by atoms with E-state index in [1.807, 2.05) is 0 Å². The van der Waals surface area contributed by atoms with Crippen LogP contribution in [0.1, 0.15) is 18.5 Å². The molecule has 82 valence electrons. The van der Waals surface area contributed by atoms with E-state index in [4.69, 9.17) is 16.7 Å². The van der Waals surface area contributed by atoms with E-state index < -0.39 is 12.2 Å². The van der Waals surface area contributed by atoms with Gasteiger partial charge in [-0.2, -0.15) is 23.5 Å². The zero-order valence-electron chi connectivity index (χ0n) is 7.71. The van der Waals surface area contributed by atoms with Crippen LogP contribution in [0.5, 0.6) is 0 Å². The standard InChI is InChI=1S/C7H8F3N5/c1-3(7(8,9)10)15-6(13)4(2-11)5(12)14-15/h3H,13H2,1H3,(H2,12,14). The molecule has 1 atom stereocenters. The lowest BCUT2D eigenvalue weighted by Crippen LogP contribution is -2.25. The van der Waals surface area contributed by atoms with Crippen molar-refractivity contribution in [3.05, 3.63) is 5.56 Å². The first kappa shape index (κ1) is 11.2. The molecule has 0 amide bonds. The van der Waals surface area contributed by atoms with Gasteiger partial charge in [0.1, 0.15) is 23.5 Å². The lowest BCUT2D eigenvalue weighted by atomic mass is 10.3. The zero-order valence-corrected chi connectivity index (χ0v) is 7.71. The van der Waals surface area contributed by atoms with Gasteiger partial charge in [0, 0.05) is 0 Å². The first-order valence-electron chi connectivity index (χ1n) is 3.89. The van der Waals surface area contributed by atoms with Crippen molar-refractivity contribution in [3.63, 3.8) is 0 Å². The Bertz CT molecular complexity index is 413. The molecule has 5 nitrogen and oxygen atoms in total. The first-order chi connectivity index (χ1) is 6.79. The topological polar surface area (TPSA) is 93.6 Å². The van der Waals surface area contributed by atoms with Gasteiger partial charge in [0.05, 0.1) is 0 Å². The smallest absolute Gasteiger partial charge is 0.383 e. The van der Waals surface area contributed by atoms with Crippen molar-refractivity contribution in [1.82, 2.24) is 9.78 Å². The summed E-state index contributed by atoms with van der Waals surface area (Å²) in [6.45, 7) is 0.879. The molecule has 8 heteroatoms. The Kier molecular flexibility index (Phi) is 2.49. The van der Waals surface area contributed by atoms with E-state index >= 15 is 0 Å². The number of hydrogen-bond acceptors (Lipinski definition) is 4. The predicted molar refractivity (Wildman–Crippen MR) is 46.5 cm³/mol. The summed E-state index contributed by atoms with van der Waals surface area (Å²) in [4.78, 5) is 0. The molecule has 0 aliphatic rings. The van der Waals surface area contributed by atoms with Gasteiger partial charge in [-0.15, -0.1) is 0 Å². The van der Waals surface area contributed by atoms with E-state index in [9.17, 15) is 13.2 Å². The first-order valence-corrected chi connectivity index (χ1v) is 3.89. The van der Waals surface area contributed by atoms with Gasteiger partial charge in [0.15, 0.2) is 5.82 Å². The van der Waals surface area contributed by atoms with Crippen LogP contribution >= 0.6 is 0 Å². The highest BCUT2D eigenvalue weighted by atomic mass is 19.4. The van der Waals surface area contributed by atoms with Crippen molar-refractivity contribution in [3.8, 4) is 6.07 Å². The lowest BCUT2D eigenvalue weighted by molar-refractivity contribution is -0.164. The van der Waals surface area contributed by atoms with Crippen molar-refractivity contribution in [2.45, 2.75) is 19.1 Å². The Balaban J connectivity index is 3.24. The van der Waals surface area contributed by atoms with Crippen LogP contribution in [0.25, 0.3) is 0 Å². The van der Waals surface area contributed by atoms with Gasteiger partial charge >= 0.3 is 6.18 Å². The summed E-state index contributed by atoms with van der Waals surface area (Å²) in [6.07, 6.45) is -4.49. The number of anilines is 2. The third-order valence-electron chi connectivity index (χ3n) is 1.93. The van der Waals surface area contributed by atoms with Crippen molar-refractivity contribution in [1.29, 1.82) is 5.26 Å². The fourth-order valence-corrected chi connectivity index (χ4v) is 1.01. The monoisotopic (exact) mass is 219 g/mol. The molecule has 1 aromatic rings. The summed E-state index contributed by atoms with van der Waals surface area (Å²) in [5, 5.41) is 11.9. The fourth-order valence-electron chi connectivity index (χ4n) is 1.01. The normalized spacial score (nSPS) is 13.5. The van der Waals surface area contributed by atoms with E-state index in [2.05, 4.69) is 5.10 Å². The van der Waals surface area contributed by atoms with Crippen molar-refractivity contribution >= 4 is 11.6 Å². The lowest BCUT2D eigenvalue weighted by Gasteiger charge is -2.16. The minimum absolute atomic E-state index is 0.230. The second-order valence-electron chi connectivity index (χ2n) is 2.92. The Labute approximate surface area is 83.1 Å². The van der Waals surface area contributed by atoms with E-state index in [0.717, 1.165) is 6.92 Å². The molecule has 0 aromatic carbocycles. The minimum atomic E-state index is -4.49. The van der Waals surface area contributed by atoms with Crippen LogP contribution in [0, 0.1) is 11.3 Å². The van der Waals surface area contributed by atoms with Gasteiger partial charge < -0.3 is 11.5 Å². The van der Waals surface area contributed by atoms with Crippen LogP contribution in [0.2, 0.25) is 0 Å². The van der Waals surface area contributed by atoms with Crippen LogP contribution < -0.4 is 11.5 Å². The quantitative estimate of drug-likeness (QED) is 0.737. The third-order valence-corrected chi connectivity index (χ3v) is 1.93. The molecule has 1 unspecified atom stereocenters. The summed E-state index contributed by atoms with van der Waals surface area (Å²) in [7, 11) is 0. The maximum atomic E-state index is 12.3. The summed E-state index contributed by atoms with van der Waals surface area (Å²) in [5.41, 5.74) is 10.3. The Morgan fingerprint density at radius 3 is 2.33 bits per heavy atom. The molecule has 4 N–H and O–H groups in total. The second-order valence-corrected chi connectivity index (χ2v) is 2.92. The van der Waals surface area contributed by atoms with Crippen LogP contribution in [0.4, 0.5) is 24.8 Å². The summed E-state index contributed by atoms with van der Waals surface area (Å²) in [6, 6.07) is -0.325. The Morgan fingerprint density at radius 1 is 1.47 bits per heavy atom. The number of nitrogen functional groups attached to an aromatic ring is 2. The molecule has 0 bridgehead atoms. The van der Waals surface area contributed by atoms with Gasteiger partial charge in [-0.25, -0.2) is 4.68 Å². The third kappa shape index (κ3) is 1.81. The molecule has 0 aliphatic carbocycles. The Hall–Kier alpha value is -1.91. The van der Waals surface area contributed by atoms with Crippen LogP contribution in [0.3, 0.4) is 0 Å². The van der Waals surface area contributed by atoms with Crippen LogP contribution in [-0.4, -0.2) is 16.0 Å². The van der Waals surface area contributed by atoms with E-state index in [1.54, 1.807) is 6.07 Å². The van der Waals surface area contributed by atoms with Crippen molar-refractivity contribution < 1.29 is 13.2 Å². The number of halogens is 3. The molecule has 1 aromatic heterocycles. The second kappa shape index (κ2) is 3.34. The van der Waals surface area contributed by atoms with Crippen LogP contribution in [-0.2, 0) is 0 Å². The SMILES string of the molecule is CC(n1nc(N)c(C#N)c1N)C(F)(F)F. The van der Waals surface area contributed by atoms with E-state index in [-0.39, 0.29) is 17.2 Å². The molecule has 0 radical (unpaired) electrons. The number of nitrogens with two attached hydrogens (primary N) is 2. The number of aromatic nitrogens is 2. The predicted octanol–water partition coefficient (Wildman–Crippen LogP) is 1.04. The van der Waals surface area contributed by atoms with Gasteiger partial charge in [0.2, 0.25) is 0 Å². The van der Waals surface area contributed by atoms with E-state index in [0.29, 0.717) is 4.68 Å². The average Bonchev–Trinajstić information content (AvgIpc) is 2.39. The molecular weight excluding hydrogens is 211 g/mol. The fraction of sp³-hybridized carbons (Fsp3) is 0.429. The summed E-state index contributed by atoms with van der Waals surface area (Å²) < 4.78 is 37.5. The minimum Gasteiger partial charge on any atom is -0.383 e. The highest BCUT2D eigenvalue weighted by Gasteiger charge is 2.39. The number of nitrogens with zero attached hydrogens (tertiary/aromatic N) is 3. The molecule has 15 heavy (non-hydrogen) atoms. The van der Waals surface area contributed by atoms with Gasteiger partial charge in [-0.3, -0.25) is 0 Å². The highest BCUT2D eigenvalue weighted by Crippen LogP contribution is 2.33.